The van der Waals surface area contributed by atoms with Gasteiger partial charge in [0, 0.05) is 6.08 Å². The van der Waals surface area contributed by atoms with Gasteiger partial charge >= 0.3 is 23.9 Å². The first-order chi connectivity index (χ1) is 11.8. The molecule has 0 saturated heterocycles. The molecule has 0 aliphatic heterocycles. The van der Waals surface area contributed by atoms with Crippen molar-refractivity contribution in [2.75, 3.05) is 13.2 Å². The molecule has 0 fully saturated rings. The van der Waals surface area contributed by atoms with Gasteiger partial charge in [0.25, 0.3) is 0 Å². The number of hydrogen-bond acceptors (Lipinski definition) is 6. The lowest BCUT2D eigenvalue weighted by Gasteiger charge is -2.12. The Hall–Kier alpha value is -3.16. The molecule has 0 aliphatic rings. The number of carbonyl (C=O) groups excluding carboxylic acids is 2. The first-order valence-corrected chi connectivity index (χ1v) is 7.36. The lowest BCUT2D eigenvalue weighted by atomic mass is 9.96. The Kier molecular flexibility index (Phi) is 7.33. The molecule has 0 spiro atoms. The van der Waals surface area contributed by atoms with E-state index in [1.165, 1.54) is 13.0 Å². The highest BCUT2D eigenvalue weighted by molar-refractivity contribution is 6.10. The van der Waals surface area contributed by atoms with Crippen molar-refractivity contribution in [3.8, 4) is 0 Å². The van der Waals surface area contributed by atoms with E-state index < -0.39 is 35.0 Å². The third kappa shape index (κ3) is 5.45. The maximum Gasteiger partial charge on any atom is 0.339 e. The predicted octanol–water partition coefficient (Wildman–Crippen LogP) is 2.06. The number of esters is 2. The Bertz CT molecular complexity index is 705. The fraction of sp³-hybridized carbons (Fsp3) is 0.294. The summed E-state index contributed by atoms with van der Waals surface area (Å²) in [7, 11) is 0. The van der Waals surface area contributed by atoms with Crippen molar-refractivity contribution in [2.45, 2.75) is 19.8 Å². The topological polar surface area (TPSA) is 127 Å². The average molecular weight is 350 g/mol. The van der Waals surface area contributed by atoms with Gasteiger partial charge in [0.1, 0.15) is 0 Å². The molecule has 2 N–H and O–H groups in total. The summed E-state index contributed by atoms with van der Waals surface area (Å²) < 4.78 is 9.77. The molecule has 0 bridgehead atoms. The van der Waals surface area contributed by atoms with Gasteiger partial charge in [-0.3, -0.25) is 0 Å². The summed E-state index contributed by atoms with van der Waals surface area (Å²) in [6, 6.07) is 2.48. The fourth-order valence-corrected chi connectivity index (χ4v) is 2.04. The van der Waals surface area contributed by atoms with Crippen LogP contribution in [-0.2, 0) is 14.3 Å². The zero-order chi connectivity index (χ0) is 19.0. The van der Waals surface area contributed by atoms with Gasteiger partial charge in [-0.2, -0.15) is 0 Å². The van der Waals surface area contributed by atoms with E-state index in [0.717, 1.165) is 12.1 Å². The number of unbranched alkanes of at least 4 members (excludes halogenated alkanes) is 1. The number of rotatable bonds is 9. The number of hydrogen-bond donors (Lipinski definition) is 2. The monoisotopic (exact) mass is 350 g/mol. The number of aryl methyl sites for hydroxylation is 1. The molecule has 25 heavy (non-hydrogen) atoms. The van der Waals surface area contributed by atoms with Crippen LogP contribution in [0.2, 0.25) is 0 Å². The third-order valence-electron chi connectivity index (χ3n) is 3.24. The van der Waals surface area contributed by atoms with Crippen molar-refractivity contribution in [1.29, 1.82) is 0 Å². The minimum absolute atomic E-state index is 0.0275. The molecule has 0 saturated carbocycles. The van der Waals surface area contributed by atoms with Crippen LogP contribution in [0.3, 0.4) is 0 Å². The fourth-order valence-electron chi connectivity index (χ4n) is 2.04. The molecule has 134 valence electrons. The molecular weight excluding hydrogens is 332 g/mol. The summed E-state index contributed by atoms with van der Waals surface area (Å²) >= 11 is 0. The summed E-state index contributed by atoms with van der Waals surface area (Å²) in [5.41, 5.74) is -1.07. The Balaban J connectivity index is 2.77. The number of benzene rings is 1. The molecular formula is C17H18O8. The van der Waals surface area contributed by atoms with Crippen LogP contribution >= 0.6 is 0 Å². The molecule has 0 aromatic heterocycles. The van der Waals surface area contributed by atoms with E-state index in [9.17, 15) is 24.3 Å². The largest absolute Gasteiger partial charge is 0.478 e. The van der Waals surface area contributed by atoms with E-state index in [1.807, 2.05) is 0 Å². The van der Waals surface area contributed by atoms with Gasteiger partial charge in [0.2, 0.25) is 0 Å². The van der Waals surface area contributed by atoms with Gasteiger partial charge in [-0.15, -0.1) is 0 Å². The van der Waals surface area contributed by atoms with Crippen molar-refractivity contribution in [2.24, 2.45) is 0 Å². The molecule has 1 aromatic rings. The first-order valence-electron chi connectivity index (χ1n) is 7.36. The molecule has 1 rings (SSSR count). The summed E-state index contributed by atoms with van der Waals surface area (Å²) in [6.45, 7) is 4.85. The number of carbonyl (C=O) groups is 4. The van der Waals surface area contributed by atoms with Gasteiger partial charge < -0.3 is 19.7 Å². The molecule has 0 atom stereocenters. The van der Waals surface area contributed by atoms with Gasteiger partial charge in [-0.05, 0) is 31.4 Å². The lowest BCUT2D eigenvalue weighted by Crippen LogP contribution is -2.18. The van der Waals surface area contributed by atoms with Crippen LogP contribution in [0.4, 0.5) is 0 Å². The number of carboxylic acid groups (broad SMARTS) is 2. The summed E-state index contributed by atoms with van der Waals surface area (Å²) in [4.78, 5) is 45.6. The maximum absolute atomic E-state index is 12.2. The summed E-state index contributed by atoms with van der Waals surface area (Å²) in [6.07, 6.45) is 1.86. The zero-order valence-corrected chi connectivity index (χ0v) is 13.6. The van der Waals surface area contributed by atoms with Crippen LogP contribution in [0, 0.1) is 6.92 Å². The highest BCUT2D eigenvalue weighted by atomic mass is 16.5. The van der Waals surface area contributed by atoms with E-state index in [1.54, 1.807) is 0 Å². The van der Waals surface area contributed by atoms with Crippen LogP contribution < -0.4 is 0 Å². The predicted molar refractivity (Wildman–Crippen MR) is 85.8 cm³/mol. The van der Waals surface area contributed by atoms with E-state index in [0.29, 0.717) is 18.4 Å². The average Bonchev–Trinajstić information content (AvgIpc) is 2.56. The van der Waals surface area contributed by atoms with Crippen molar-refractivity contribution in [3.63, 3.8) is 0 Å². The second-order valence-electron chi connectivity index (χ2n) is 5.00. The van der Waals surface area contributed by atoms with Crippen molar-refractivity contribution in [1.82, 2.24) is 0 Å². The van der Waals surface area contributed by atoms with Gasteiger partial charge in [0.15, 0.2) is 0 Å². The summed E-state index contributed by atoms with van der Waals surface area (Å²) in [5.74, 6) is -4.44. The summed E-state index contributed by atoms with van der Waals surface area (Å²) in [5, 5.41) is 18.3. The van der Waals surface area contributed by atoms with Gasteiger partial charge in [-0.25, -0.2) is 19.2 Å². The van der Waals surface area contributed by atoms with E-state index in [2.05, 4.69) is 6.58 Å². The Morgan fingerprint density at radius 3 is 2.12 bits per heavy atom. The van der Waals surface area contributed by atoms with Crippen molar-refractivity contribution in [3.05, 3.63) is 47.0 Å². The molecule has 8 nitrogen and oxygen atoms in total. The molecule has 0 aliphatic carbocycles. The molecule has 0 radical (unpaired) electrons. The molecule has 1 aromatic carbocycles. The van der Waals surface area contributed by atoms with Crippen LogP contribution in [0.1, 0.15) is 49.5 Å². The molecule has 0 unspecified atom stereocenters. The van der Waals surface area contributed by atoms with Crippen LogP contribution in [0.5, 0.6) is 0 Å². The van der Waals surface area contributed by atoms with Gasteiger partial charge in [0.05, 0.1) is 29.9 Å². The second-order valence-corrected chi connectivity index (χ2v) is 5.00. The second kappa shape index (κ2) is 9.21. The molecule has 8 heteroatoms. The Labute approximate surface area is 143 Å². The Morgan fingerprint density at radius 2 is 1.60 bits per heavy atom. The highest BCUT2D eigenvalue weighted by Gasteiger charge is 2.26. The van der Waals surface area contributed by atoms with Crippen molar-refractivity contribution >= 4 is 23.9 Å². The SMILES string of the molecule is C=CC(=O)OCCCCOC(=O)c1c(C)ccc(C(=O)O)c1C(=O)O. The standard InChI is InChI=1S/C17H18O8/c1-3-12(18)24-8-4-5-9-25-17(23)13-10(2)6-7-11(15(19)20)14(13)16(21)22/h3,6-7H,1,4-5,8-9H2,2H3,(H,19,20)(H,21,22). The minimum Gasteiger partial charge on any atom is -0.478 e. The molecule has 0 heterocycles. The quantitative estimate of drug-likeness (QED) is 0.393. The highest BCUT2D eigenvalue weighted by Crippen LogP contribution is 2.21. The molecule has 0 amide bonds. The van der Waals surface area contributed by atoms with Gasteiger partial charge in [-0.1, -0.05) is 12.6 Å². The van der Waals surface area contributed by atoms with E-state index >= 15 is 0 Å². The van der Waals surface area contributed by atoms with Crippen LogP contribution in [0.15, 0.2) is 24.8 Å². The maximum atomic E-state index is 12.2. The normalized spacial score (nSPS) is 9.96. The first kappa shape index (κ1) is 19.9. The van der Waals surface area contributed by atoms with Crippen molar-refractivity contribution < 1.29 is 38.9 Å². The van der Waals surface area contributed by atoms with Crippen LogP contribution in [-0.4, -0.2) is 47.3 Å². The smallest absolute Gasteiger partial charge is 0.339 e. The number of carboxylic acids is 2. The minimum atomic E-state index is -1.52. The number of ether oxygens (including phenoxy) is 2. The zero-order valence-electron chi connectivity index (χ0n) is 13.6. The third-order valence-corrected chi connectivity index (χ3v) is 3.24. The number of aromatic carboxylic acids is 2. The van der Waals surface area contributed by atoms with Crippen LogP contribution in [0.25, 0.3) is 0 Å². The Morgan fingerprint density at radius 1 is 1.00 bits per heavy atom. The van der Waals surface area contributed by atoms with E-state index in [-0.39, 0.29) is 18.8 Å². The van der Waals surface area contributed by atoms with E-state index in [4.69, 9.17) is 14.6 Å². The lowest BCUT2D eigenvalue weighted by molar-refractivity contribution is -0.137.